The van der Waals surface area contributed by atoms with Crippen molar-refractivity contribution in [1.29, 1.82) is 0 Å². The highest BCUT2D eigenvalue weighted by molar-refractivity contribution is 9.10. The standard InChI is InChI=1S/C11H11BrO3/c12-9-2-1-3-10-8(9)6-7(15-10)4-5-11(13)14/h1-3,7H,4-6H2,(H,13,14). The Morgan fingerprint density at radius 1 is 1.60 bits per heavy atom. The topological polar surface area (TPSA) is 46.5 Å². The van der Waals surface area contributed by atoms with Crippen LogP contribution in [0.2, 0.25) is 0 Å². The van der Waals surface area contributed by atoms with Crippen LogP contribution < -0.4 is 4.74 Å². The SMILES string of the molecule is O=C(O)CCC1Cc2c(Br)cccc2O1. The Hall–Kier alpha value is -1.03. The van der Waals surface area contributed by atoms with Crippen molar-refractivity contribution >= 4 is 21.9 Å². The molecule has 80 valence electrons. The summed E-state index contributed by atoms with van der Waals surface area (Å²) in [6, 6.07) is 5.81. The van der Waals surface area contributed by atoms with Gasteiger partial charge in [-0.05, 0) is 18.6 Å². The fraction of sp³-hybridized carbons (Fsp3) is 0.364. The van der Waals surface area contributed by atoms with Gasteiger partial charge in [-0.1, -0.05) is 22.0 Å². The number of fused-ring (bicyclic) bond motifs is 1. The van der Waals surface area contributed by atoms with Crippen molar-refractivity contribution in [3.05, 3.63) is 28.2 Å². The average Bonchev–Trinajstić information content (AvgIpc) is 2.59. The number of rotatable bonds is 3. The van der Waals surface area contributed by atoms with E-state index >= 15 is 0 Å². The summed E-state index contributed by atoms with van der Waals surface area (Å²) in [5.74, 6) is 0.105. The Kier molecular flexibility index (Phi) is 2.95. The fourth-order valence-electron chi connectivity index (χ4n) is 1.74. The number of ether oxygens (including phenoxy) is 1. The van der Waals surface area contributed by atoms with Crippen molar-refractivity contribution in [2.75, 3.05) is 0 Å². The Morgan fingerprint density at radius 2 is 2.40 bits per heavy atom. The zero-order valence-corrected chi connectivity index (χ0v) is 9.66. The lowest BCUT2D eigenvalue weighted by Gasteiger charge is -2.07. The highest BCUT2D eigenvalue weighted by atomic mass is 79.9. The lowest BCUT2D eigenvalue weighted by Crippen LogP contribution is -2.14. The van der Waals surface area contributed by atoms with Gasteiger partial charge in [0, 0.05) is 22.9 Å². The van der Waals surface area contributed by atoms with Crippen LogP contribution in [-0.4, -0.2) is 17.2 Å². The van der Waals surface area contributed by atoms with E-state index in [0.717, 1.165) is 22.2 Å². The third kappa shape index (κ3) is 2.31. The van der Waals surface area contributed by atoms with Crippen molar-refractivity contribution in [3.8, 4) is 5.75 Å². The predicted molar refractivity (Wildman–Crippen MR) is 59.1 cm³/mol. The Bertz CT molecular complexity index is 389. The number of aliphatic carboxylic acids is 1. The summed E-state index contributed by atoms with van der Waals surface area (Å²) in [5, 5.41) is 8.58. The van der Waals surface area contributed by atoms with Crippen molar-refractivity contribution in [2.24, 2.45) is 0 Å². The van der Waals surface area contributed by atoms with E-state index in [1.165, 1.54) is 0 Å². The maximum Gasteiger partial charge on any atom is 0.303 e. The summed E-state index contributed by atoms with van der Waals surface area (Å²) >= 11 is 3.46. The molecule has 0 amide bonds. The minimum Gasteiger partial charge on any atom is -0.490 e. The molecule has 1 aliphatic heterocycles. The Balaban J connectivity index is 2.03. The largest absolute Gasteiger partial charge is 0.490 e. The van der Waals surface area contributed by atoms with Gasteiger partial charge in [-0.2, -0.15) is 0 Å². The summed E-state index contributed by atoms with van der Waals surface area (Å²) in [6.07, 6.45) is 1.53. The molecule has 1 heterocycles. The van der Waals surface area contributed by atoms with Crippen LogP contribution in [0.4, 0.5) is 0 Å². The minimum atomic E-state index is -0.770. The molecule has 0 aliphatic carbocycles. The molecule has 15 heavy (non-hydrogen) atoms. The quantitative estimate of drug-likeness (QED) is 0.919. The van der Waals surface area contributed by atoms with Gasteiger partial charge in [-0.3, -0.25) is 4.79 Å². The van der Waals surface area contributed by atoms with Crippen molar-refractivity contribution < 1.29 is 14.6 Å². The molecule has 0 spiro atoms. The Morgan fingerprint density at radius 3 is 3.07 bits per heavy atom. The molecule has 0 radical (unpaired) electrons. The molecule has 0 bridgehead atoms. The van der Waals surface area contributed by atoms with Gasteiger partial charge in [0.05, 0.1) is 0 Å². The van der Waals surface area contributed by atoms with Gasteiger partial charge < -0.3 is 9.84 Å². The summed E-state index contributed by atoms with van der Waals surface area (Å²) in [5.41, 5.74) is 1.15. The summed E-state index contributed by atoms with van der Waals surface area (Å²) in [4.78, 5) is 10.4. The van der Waals surface area contributed by atoms with Gasteiger partial charge in [-0.25, -0.2) is 0 Å². The molecule has 0 aromatic heterocycles. The van der Waals surface area contributed by atoms with Crippen LogP contribution >= 0.6 is 15.9 Å². The third-order valence-corrected chi connectivity index (χ3v) is 3.22. The molecular weight excluding hydrogens is 260 g/mol. The van der Waals surface area contributed by atoms with E-state index in [0.29, 0.717) is 6.42 Å². The zero-order chi connectivity index (χ0) is 10.8. The molecule has 0 saturated heterocycles. The second kappa shape index (κ2) is 4.23. The molecule has 1 aromatic carbocycles. The summed E-state index contributed by atoms with van der Waals surface area (Å²) in [6.45, 7) is 0. The first kappa shape index (κ1) is 10.5. The maximum absolute atomic E-state index is 10.4. The molecule has 0 saturated carbocycles. The number of halogens is 1. The third-order valence-electron chi connectivity index (χ3n) is 2.48. The summed E-state index contributed by atoms with van der Waals surface area (Å²) < 4.78 is 6.68. The van der Waals surface area contributed by atoms with Gasteiger partial charge in [0.2, 0.25) is 0 Å². The highest BCUT2D eigenvalue weighted by Crippen LogP contribution is 2.35. The minimum absolute atomic E-state index is 0.00907. The van der Waals surface area contributed by atoms with E-state index in [1.54, 1.807) is 0 Å². The normalized spacial score (nSPS) is 18.3. The molecule has 4 heteroatoms. The van der Waals surface area contributed by atoms with Crippen LogP contribution in [0.25, 0.3) is 0 Å². The average molecular weight is 271 g/mol. The van der Waals surface area contributed by atoms with E-state index in [2.05, 4.69) is 15.9 Å². The molecule has 1 aliphatic rings. The number of carboxylic acids is 1. The first-order valence-electron chi connectivity index (χ1n) is 4.82. The molecule has 1 atom stereocenters. The molecule has 3 nitrogen and oxygen atoms in total. The van der Waals surface area contributed by atoms with Gasteiger partial charge in [0.1, 0.15) is 11.9 Å². The second-order valence-corrected chi connectivity index (χ2v) is 4.45. The molecule has 2 rings (SSSR count). The van der Waals surface area contributed by atoms with Crippen molar-refractivity contribution in [1.82, 2.24) is 0 Å². The van der Waals surface area contributed by atoms with Crippen LogP contribution in [0.5, 0.6) is 5.75 Å². The van der Waals surface area contributed by atoms with E-state index in [-0.39, 0.29) is 12.5 Å². The molecule has 1 unspecified atom stereocenters. The number of hydrogen-bond acceptors (Lipinski definition) is 2. The van der Waals surface area contributed by atoms with Gasteiger partial charge >= 0.3 is 5.97 Å². The summed E-state index contributed by atoms with van der Waals surface area (Å²) in [7, 11) is 0. The first-order chi connectivity index (χ1) is 7.16. The number of hydrogen-bond donors (Lipinski definition) is 1. The monoisotopic (exact) mass is 270 g/mol. The van der Waals surface area contributed by atoms with Crippen LogP contribution in [0.15, 0.2) is 22.7 Å². The lowest BCUT2D eigenvalue weighted by molar-refractivity contribution is -0.137. The maximum atomic E-state index is 10.4. The highest BCUT2D eigenvalue weighted by Gasteiger charge is 2.24. The lowest BCUT2D eigenvalue weighted by atomic mass is 10.1. The van der Waals surface area contributed by atoms with Crippen LogP contribution in [0.1, 0.15) is 18.4 Å². The van der Waals surface area contributed by atoms with Gasteiger partial charge in [0.25, 0.3) is 0 Å². The van der Waals surface area contributed by atoms with E-state index in [9.17, 15) is 4.79 Å². The van der Waals surface area contributed by atoms with E-state index in [1.807, 2.05) is 18.2 Å². The number of benzene rings is 1. The zero-order valence-electron chi connectivity index (χ0n) is 8.07. The number of carbonyl (C=O) groups is 1. The van der Waals surface area contributed by atoms with Crippen LogP contribution in [0, 0.1) is 0 Å². The molecular formula is C11H11BrO3. The number of carboxylic acid groups (broad SMARTS) is 1. The van der Waals surface area contributed by atoms with Gasteiger partial charge in [-0.15, -0.1) is 0 Å². The fourth-order valence-corrected chi connectivity index (χ4v) is 2.25. The second-order valence-electron chi connectivity index (χ2n) is 3.59. The van der Waals surface area contributed by atoms with Crippen LogP contribution in [0.3, 0.4) is 0 Å². The molecule has 1 aromatic rings. The smallest absolute Gasteiger partial charge is 0.303 e. The van der Waals surface area contributed by atoms with Gasteiger partial charge in [0.15, 0.2) is 0 Å². The van der Waals surface area contributed by atoms with E-state index in [4.69, 9.17) is 9.84 Å². The van der Waals surface area contributed by atoms with E-state index < -0.39 is 5.97 Å². The van der Waals surface area contributed by atoms with Crippen molar-refractivity contribution in [2.45, 2.75) is 25.4 Å². The first-order valence-corrected chi connectivity index (χ1v) is 5.62. The molecule has 1 N–H and O–H groups in total. The van der Waals surface area contributed by atoms with Crippen LogP contribution in [-0.2, 0) is 11.2 Å². The molecule has 0 fully saturated rings. The predicted octanol–water partition coefficient (Wildman–Crippen LogP) is 2.62. The Labute approximate surface area is 96.2 Å². The van der Waals surface area contributed by atoms with Crippen molar-refractivity contribution in [3.63, 3.8) is 0 Å².